The first-order valence-electron chi connectivity index (χ1n) is 17.3. The molecule has 7 atom stereocenters. The van der Waals surface area contributed by atoms with E-state index in [0.717, 1.165) is 40.8 Å². The Morgan fingerprint density at radius 3 is 1.85 bits per heavy atom. The highest BCUT2D eigenvalue weighted by Crippen LogP contribution is 2.46. The quantitative estimate of drug-likeness (QED) is 0.126. The molecular formula is C40H44FNO10. The van der Waals surface area contributed by atoms with Crippen LogP contribution in [-0.4, -0.2) is 66.9 Å². The van der Waals surface area contributed by atoms with Gasteiger partial charge in [0.05, 0.1) is 12.0 Å². The number of anilines is 1. The summed E-state index contributed by atoms with van der Waals surface area (Å²) in [5, 5.41) is 0. The van der Waals surface area contributed by atoms with Crippen LogP contribution in [0, 0.1) is 18.7 Å². The van der Waals surface area contributed by atoms with E-state index in [9.17, 15) is 28.4 Å². The number of amides is 1. The van der Waals surface area contributed by atoms with Crippen molar-refractivity contribution in [3.63, 3.8) is 0 Å². The summed E-state index contributed by atoms with van der Waals surface area (Å²) in [6.45, 7) is 6.47. The van der Waals surface area contributed by atoms with Gasteiger partial charge >= 0.3 is 23.9 Å². The lowest BCUT2D eigenvalue weighted by Gasteiger charge is -2.48. The Kier molecular flexibility index (Phi) is 12.4. The molecule has 12 heteroatoms. The van der Waals surface area contributed by atoms with Gasteiger partial charge in [-0.05, 0) is 67.1 Å². The molecule has 0 unspecified atom stereocenters. The zero-order valence-corrected chi connectivity index (χ0v) is 29.9. The van der Waals surface area contributed by atoms with E-state index in [1.165, 1.54) is 39.8 Å². The molecule has 0 saturated carbocycles. The summed E-state index contributed by atoms with van der Waals surface area (Å²) in [7, 11) is 0. The summed E-state index contributed by atoms with van der Waals surface area (Å²) in [5.41, 5.74) is 4.60. The van der Waals surface area contributed by atoms with Crippen molar-refractivity contribution in [1.82, 2.24) is 0 Å². The summed E-state index contributed by atoms with van der Waals surface area (Å²) in [5.74, 6) is -3.16. The average Bonchev–Trinajstić information content (AvgIpc) is 3.08. The molecule has 3 aromatic rings. The van der Waals surface area contributed by atoms with Crippen LogP contribution >= 0.6 is 0 Å². The van der Waals surface area contributed by atoms with Crippen molar-refractivity contribution in [2.45, 2.75) is 96.9 Å². The van der Waals surface area contributed by atoms with Crippen molar-refractivity contribution in [1.29, 1.82) is 0 Å². The van der Waals surface area contributed by atoms with Crippen LogP contribution < -0.4 is 4.90 Å². The lowest BCUT2D eigenvalue weighted by molar-refractivity contribution is -0.252. The number of ether oxygens (including phenoxy) is 5. The highest BCUT2D eigenvalue weighted by Gasteiger charge is 2.52. The minimum atomic E-state index is -1.25. The monoisotopic (exact) mass is 717 g/mol. The van der Waals surface area contributed by atoms with Gasteiger partial charge in [0.1, 0.15) is 24.6 Å². The van der Waals surface area contributed by atoms with Crippen LogP contribution in [0.1, 0.15) is 68.8 Å². The number of nitrogens with zero attached hydrogens (tertiary/aromatic N) is 1. The maximum atomic E-state index is 13.6. The van der Waals surface area contributed by atoms with E-state index in [4.69, 9.17) is 23.7 Å². The van der Waals surface area contributed by atoms with Crippen LogP contribution in [0.4, 0.5) is 10.1 Å². The summed E-state index contributed by atoms with van der Waals surface area (Å²) >= 11 is 0. The summed E-state index contributed by atoms with van der Waals surface area (Å²) in [4.78, 5) is 63.7. The Hall–Kier alpha value is -5.10. The molecule has 2 heterocycles. The van der Waals surface area contributed by atoms with E-state index in [1.54, 1.807) is 12.1 Å². The number of aryl methyl sites for hydroxylation is 2. The smallest absolute Gasteiger partial charge is 0.303 e. The summed E-state index contributed by atoms with van der Waals surface area (Å²) in [6, 6.07) is 21.7. The van der Waals surface area contributed by atoms with Gasteiger partial charge in [0.15, 0.2) is 18.3 Å². The molecule has 0 N–H and O–H groups in total. The predicted molar refractivity (Wildman–Crippen MR) is 186 cm³/mol. The van der Waals surface area contributed by atoms with Gasteiger partial charge in [-0.3, -0.25) is 24.0 Å². The Morgan fingerprint density at radius 2 is 1.27 bits per heavy atom. The number of esters is 4. The molecule has 2 fully saturated rings. The van der Waals surface area contributed by atoms with E-state index < -0.39 is 54.4 Å². The maximum absolute atomic E-state index is 13.6. The molecule has 276 valence electrons. The van der Waals surface area contributed by atoms with E-state index in [1.807, 2.05) is 60.4 Å². The molecule has 0 aromatic heterocycles. The third-order valence-corrected chi connectivity index (χ3v) is 9.27. The molecule has 3 aromatic carbocycles. The minimum absolute atomic E-state index is 0.0366. The van der Waals surface area contributed by atoms with Gasteiger partial charge in [-0.2, -0.15) is 0 Å². The Morgan fingerprint density at radius 1 is 0.712 bits per heavy atom. The third-order valence-electron chi connectivity index (χ3n) is 9.27. The van der Waals surface area contributed by atoms with Crippen molar-refractivity contribution in [2.75, 3.05) is 11.5 Å². The van der Waals surface area contributed by atoms with Crippen molar-refractivity contribution in [3.05, 3.63) is 101 Å². The molecule has 0 aliphatic carbocycles. The number of carbonyl (C=O) groups excluding carboxylic acids is 5. The molecule has 0 radical (unpaired) electrons. The number of β-lactam (4-membered cyclic amide) rings is 1. The fourth-order valence-corrected chi connectivity index (χ4v) is 6.95. The average molecular weight is 718 g/mol. The molecular weight excluding hydrogens is 673 g/mol. The Bertz CT molecular complexity index is 1740. The van der Waals surface area contributed by atoms with Crippen molar-refractivity contribution in [2.24, 2.45) is 5.92 Å². The number of hydrogen-bond acceptors (Lipinski definition) is 10. The van der Waals surface area contributed by atoms with Crippen LogP contribution in [0.5, 0.6) is 0 Å². The third kappa shape index (κ3) is 9.41. The van der Waals surface area contributed by atoms with E-state index in [0.29, 0.717) is 6.42 Å². The number of halogens is 1. The minimum Gasteiger partial charge on any atom is -0.463 e. The number of hydrogen-bond donors (Lipinski definition) is 0. The topological polar surface area (TPSA) is 135 Å². The van der Waals surface area contributed by atoms with Gasteiger partial charge < -0.3 is 28.6 Å². The molecule has 52 heavy (non-hydrogen) atoms. The van der Waals surface area contributed by atoms with Crippen molar-refractivity contribution in [3.8, 4) is 0 Å². The summed E-state index contributed by atoms with van der Waals surface area (Å²) < 4.78 is 41.6. The maximum Gasteiger partial charge on any atom is 0.303 e. The molecule has 2 aliphatic rings. The van der Waals surface area contributed by atoms with E-state index in [-0.39, 0.29) is 36.7 Å². The van der Waals surface area contributed by atoms with Crippen LogP contribution in [0.15, 0.2) is 72.8 Å². The normalized spacial score (nSPS) is 24.0. The Labute approximate surface area is 302 Å². The predicted octanol–water partition coefficient (Wildman–Crippen LogP) is 5.53. The lowest BCUT2D eigenvalue weighted by atomic mass is 9.78. The van der Waals surface area contributed by atoms with E-state index in [2.05, 4.69) is 0 Å². The SMILES string of the molecule is CC(=O)OC[C@H]1O[C@@H](Cc2ccc([C@@H]3[C@@H](CCCc4ccc(F)cc4)C(=O)N3c3ccc(C)cc3)cc2)[C@H](OC(C)=O)[C@@H](OC(C)=O)[C@@H]1OC(C)=O. The molecule has 2 saturated heterocycles. The van der Waals surface area contributed by atoms with Crippen LogP contribution in [0.25, 0.3) is 0 Å². The lowest BCUT2D eigenvalue weighted by Crippen LogP contribution is -2.62. The summed E-state index contributed by atoms with van der Waals surface area (Å²) in [6.07, 6.45) is -3.26. The second-order valence-electron chi connectivity index (χ2n) is 13.3. The van der Waals surface area contributed by atoms with Crippen LogP contribution in [0.2, 0.25) is 0 Å². The van der Waals surface area contributed by atoms with Gasteiger partial charge in [-0.1, -0.05) is 54.1 Å². The second-order valence-corrected chi connectivity index (χ2v) is 13.3. The zero-order chi connectivity index (χ0) is 37.5. The molecule has 1 amide bonds. The standard InChI is InChI=1S/C40H44FNO10/c1-23-9-19-32(20-10-23)42-36(33(40(42)47)8-6-7-28-13-17-31(41)18-14-28)30-15-11-29(12-16-30)21-34-37(49-25(3)44)39(51-27(5)46)38(50-26(4)45)35(52-34)22-48-24(2)43/h9-20,33-39H,6-8,21-22H2,1-5H3/t33-,34+,35-,36-,37+,38-,39-/m1/s1. The fraction of sp³-hybridized carbons (Fsp3) is 0.425. The first-order chi connectivity index (χ1) is 24.8. The number of benzene rings is 3. The van der Waals surface area contributed by atoms with Crippen LogP contribution in [-0.2, 0) is 60.5 Å². The second kappa shape index (κ2) is 16.9. The van der Waals surface area contributed by atoms with Crippen LogP contribution in [0.3, 0.4) is 0 Å². The molecule has 0 bridgehead atoms. The number of carbonyl (C=O) groups is 5. The Balaban J connectivity index is 1.39. The zero-order valence-electron chi connectivity index (χ0n) is 29.9. The number of rotatable bonds is 13. The molecule has 11 nitrogen and oxygen atoms in total. The van der Waals surface area contributed by atoms with Crippen molar-refractivity contribution >= 4 is 35.5 Å². The first kappa shape index (κ1) is 38.1. The van der Waals surface area contributed by atoms with Gasteiger partial charge in [0.2, 0.25) is 5.91 Å². The largest absolute Gasteiger partial charge is 0.463 e. The van der Waals surface area contributed by atoms with E-state index >= 15 is 0 Å². The van der Waals surface area contributed by atoms with Gasteiger partial charge in [0, 0.05) is 39.8 Å². The molecule has 0 spiro atoms. The molecule has 5 rings (SSSR count). The highest BCUT2D eigenvalue weighted by molar-refractivity contribution is 6.03. The van der Waals surface area contributed by atoms with Gasteiger partial charge in [-0.15, -0.1) is 0 Å². The van der Waals surface area contributed by atoms with Crippen molar-refractivity contribution < 1.29 is 52.0 Å². The fourth-order valence-electron chi connectivity index (χ4n) is 6.95. The highest BCUT2D eigenvalue weighted by atomic mass is 19.1. The molecule has 2 aliphatic heterocycles. The van der Waals surface area contributed by atoms with Gasteiger partial charge in [-0.25, -0.2) is 4.39 Å². The van der Waals surface area contributed by atoms with Gasteiger partial charge in [0.25, 0.3) is 0 Å². The first-order valence-corrected chi connectivity index (χ1v) is 17.3.